The molecule has 0 amide bonds. The second kappa shape index (κ2) is 6.02. The van der Waals surface area contributed by atoms with Gasteiger partial charge in [0.15, 0.2) is 0 Å². The van der Waals surface area contributed by atoms with Crippen LogP contribution in [-0.4, -0.2) is 24.8 Å². The predicted molar refractivity (Wildman–Crippen MR) is 56.1 cm³/mol. The smallest absolute Gasteiger partial charge is 0.308 e. The fraction of sp³-hybridized carbons (Fsp3) is 0.909. The van der Waals surface area contributed by atoms with Crippen LogP contribution in [0.3, 0.4) is 0 Å². The molecule has 3 nitrogen and oxygen atoms in total. The molecule has 0 fully saturated rings. The van der Waals surface area contributed by atoms with Gasteiger partial charge < -0.3 is 9.47 Å². The first kappa shape index (κ1) is 13.4. The lowest BCUT2D eigenvalue weighted by Crippen LogP contribution is -2.21. The highest BCUT2D eigenvalue weighted by Gasteiger charge is 2.11. The summed E-state index contributed by atoms with van der Waals surface area (Å²) in [6, 6.07) is 0. The number of ether oxygens (including phenoxy) is 2. The quantitative estimate of drug-likeness (QED) is 0.642. The lowest BCUT2D eigenvalue weighted by atomic mass is 10.2. The monoisotopic (exact) mass is 202 g/mol. The van der Waals surface area contributed by atoms with Crippen molar-refractivity contribution in [2.45, 2.75) is 46.6 Å². The molecule has 0 saturated carbocycles. The molecule has 0 aromatic heterocycles. The summed E-state index contributed by atoms with van der Waals surface area (Å²) in [6.07, 6.45) is 0.337. The van der Waals surface area contributed by atoms with Gasteiger partial charge in [-0.25, -0.2) is 0 Å². The molecule has 84 valence electrons. The molecule has 0 aliphatic rings. The Hall–Kier alpha value is -0.570. The van der Waals surface area contributed by atoms with Crippen molar-refractivity contribution in [3.05, 3.63) is 0 Å². The van der Waals surface area contributed by atoms with Gasteiger partial charge in [-0.3, -0.25) is 4.79 Å². The highest BCUT2D eigenvalue weighted by Crippen LogP contribution is 2.07. The maximum absolute atomic E-state index is 11.1. The molecule has 0 N–H and O–H groups in total. The third-order valence-electron chi connectivity index (χ3n) is 1.42. The average molecular weight is 202 g/mol. The first-order chi connectivity index (χ1) is 6.31. The zero-order valence-electron chi connectivity index (χ0n) is 9.92. The number of hydrogen-bond acceptors (Lipinski definition) is 3. The molecule has 0 radical (unpaired) electrons. The Morgan fingerprint density at radius 3 is 2.29 bits per heavy atom. The highest BCUT2D eigenvalue weighted by atomic mass is 16.5. The van der Waals surface area contributed by atoms with E-state index in [0.29, 0.717) is 25.6 Å². The van der Waals surface area contributed by atoms with Crippen molar-refractivity contribution in [1.82, 2.24) is 0 Å². The summed E-state index contributed by atoms with van der Waals surface area (Å²) in [4.78, 5) is 11.1. The van der Waals surface area contributed by atoms with Crippen LogP contribution in [0.15, 0.2) is 0 Å². The van der Waals surface area contributed by atoms with Crippen LogP contribution in [0.2, 0.25) is 0 Å². The van der Waals surface area contributed by atoms with Crippen molar-refractivity contribution >= 4 is 5.97 Å². The molecule has 0 spiro atoms. The second-order valence-electron chi connectivity index (χ2n) is 4.79. The van der Waals surface area contributed by atoms with Gasteiger partial charge in [-0.1, -0.05) is 13.8 Å². The molecule has 0 heterocycles. The largest absolute Gasteiger partial charge is 0.465 e. The Kier molecular flexibility index (Phi) is 5.77. The molecular weight excluding hydrogens is 180 g/mol. The van der Waals surface area contributed by atoms with Crippen molar-refractivity contribution in [1.29, 1.82) is 0 Å². The summed E-state index contributed by atoms with van der Waals surface area (Å²) < 4.78 is 10.4. The molecule has 0 saturated heterocycles. The lowest BCUT2D eigenvalue weighted by molar-refractivity contribution is -0.147. The lowest BCUT2D eigenvalue weighted by Gasteiger charge is -2.19. The van der Waals surface area contributed by atoms with E-state index in [1.807, 2.05) is 34.6 Å². The van der Waals surface area contributed by atoms with E-state index < -0.39 is 0 Å². The first-order valence-electron chi connectivity index (χ1n) is 5.11. The van der Waals surface area contributed by atoms with Gasteiger partial charge in [-0.05, 0) is 26.7 Å². The standard InChI is InChI=1S/C11H22O3/c1-9(2)8-13-10(12)6-7-14-11(3,4)5/h9H,6-8H2,1-5H3. The van der Waals surface area contributed by atoms with Gasteiger partial charge >= 0.3 is 5.97 Å². The maximum Gasteiger partial charge on any atom is 0.308 e. The van der Waals surface area contributed by atoms with Crippen LogP contribution < -0.4 is 0 Å². The van der Waals surface area contributed by atoms with E-state index >= 15 is 0 Å². The van der Waals surface area contributed by atoms with E-state index in [9.17, 15) is 4.79 Å². The second-order valence-corrected chi connectivity index (χ2v) is 4.79. The normalized spacial score (nSPS) is 11.9. The van der Waals surface area contributed by atoms with Crippen LogP contribution in [-0.2, 0) is 14.3 Å². The minimum absolute atomic E-state index is 0.178. The SMILES string of the molecule is CC(C)COC(=O)CCOC(C)(C)C. The van der Waals surface area contributed by atoms with Crippen LogP contribution in [0, 0.1) is 5.92 Å². The molecule has 0 aromatic rings. The van der Waals surface area contributed by atoms with Gasteiger partial charge in [0.1, 0.15) is 0 Å². The van der Waals surface area contributed by atoms with Crippen LogP contribution in [0.25, 0.3) is 0 Å². The fourth-order valence-electron chi connectivity index (χ4n) is 0.772. The van der Waals surface area contributed by atoms with E-state index in [4.69, 9.17) is 9.47 Å². The van der Waals surface area contributed by atoms with Gasteiger partial charge in [0.05, 0.1) is 25.2 Å². The average Bonchev–Trinajstić information content (AvgIpc) is 1.98. The van der Waals surface area contributed by atoms with Crippen LogP contribution >= 0.6 is 0 Å². The molecule has 0 aliphatic heterocycles. The summed E-state index contributed by atoms with van der Waals surface area (Å²) in [5.74, 6) is 0.213. The molecular formula is C11H22O3. The summed E-state index contributed by atoms with van der Waals surface area (Å²) in [7, 11) is 0. The zero-order chi connectivity index (χ0) is 11.2. The summed E-state index contributed by atoms with van der Waals surface area (Å²) in [6.45, 7) is 10.8. The Labute approximate surface area is 86.8 Å². The third kappa shape index (κ3) is 9.52. The van der Waals surface area contributed by atoms with Crippen molar-refractivity contribution in [3.8, 4) is 0 Å². The Morgan fingerprint density at radius 1 is 1.29 bits per heavy atom. The van der Waals surface area contributed by atoms with Gasteiger partial charge in [0.25, 0.3) is 0 Å². The number of hydrogen-bond donors (Lipinski definition) is 0. The zero-order valence-corrected chi connectivity index (χ0v) is 9.92. The van der Waals surface area contributed by atoms with Gasteiger partial charge in [-0.15, -0.1) is 0 Å². The number of esters is 1. The van der Waals surface area contributed by atoms with Crippen LogP contribution in [0.5, 0.6) is 0 Å². The van der Waals surface area contributed by atoms with Crippen molar-refractivity contribution in [3.63, 3.8) is 0 Å². The van der Waals surface area contributed by atoms with Gasteiger partial charge in [-0.2, -0.15) is 0 Å². The van der Waals surface area contributed by atoms with E-state index in [-0.39, 0.29) is 11.6 Å². The van der Waals surface area contributed by atoms with Crippen molar-refractivity contribution in [2.24, 2.45) is 5.92 Å². The molecule has 0 bridgehead atoms. The number of rotatable bonds is 5. The summed E-state index contributed by atoms with van der Waals surface area (Å²) in [5.41, 5.74) is -0.182. The first-order valence-corrected chi connectivity index (χ1v) is 5.11. The molecule has 0 unspecified atom stereocenters. The third-order valence-corrected chi connectivity index (χ3v) is 1.42. The van der Waals surface area contributed by atoms with Crippen LogP contribution in [0.1, 0.15) is 41.0 Å². The minimum atomic E-state index is -0.182. The maximum atomic E-state index is 11.1. The molecule has 3 heteroatoms. The van der Waals surface area contributed by atoms with Gasteiger partial charge in [0.2, 0.25) is 0 Å². The van der Waals surface area contributed by atoms with E-state index in [1.54, 1.807) is 0 Å². The molecule has 0 aliphatic carbocycles. The highest BCUT2D eigenvalue weighted by molar-refractivity contribution is 5.69. The van der Waals surface area contributed by atoms with Gasteiger partial charge in [0, 0.05) is 0 Å². The van der Waals surface area contributed by atoms with E-state index in [1.165, 1.54) is 0 Å². The molecule has 0 atom stereocenters. The molecule has 14 heavy (non-hydrogen) atoms. The van der Waals surface area contributed by atoms with Crippen molar-refractivity contribution in [2.75, 3.05) is 13.2 Å². The minimum Gasteiger partial charge on any atom is -0.465 e. The fourth-order valence-corrected chi connectivity index (χ4v) is 0.772. The Bertz CT molecular complexity index is 168. The number of carbonyl (C=O) groups is 1. The summed E-state index contributed by atoms with van der Waals surface area (Å²) in [5, 5.41) is 0. The van der Waals surface area contributed by atoms with Crippen molar-refractivity contribution < 1.29 is 14.3 Å². The molecule has 0 rings (SSSR count). The van der Waals surface area contributed by atoms with E-state index in [0.717, 1.165) is 0 Å². The number of carbonyl (C=O) groups excluding carboxylic acids is 1. The summed E-state index contributed by atoms with van der Waals surface area (Å²) >= 11 is 0. The van der Waals surface area contributed by atoms with Crippen LogP contribution in [0.4, 0.5) is 0 Å². The Morgan fingerprint density at radius 2 is 1.86 bits per heavy atom. The predicted octanol–water partition coefficient (Wildman–Crippen LogP) is 2.39. The molecule has 0 aromatic carbocycles. The topological polar surface area (TPSA) is 35.5 Å². The Balaban J connectivity index is 3.46. The van der Waals surface area contributed by atoms with E-state index in [2.05, 4.69) is 0 Å².